The second-order valence-electron chi connectivity index (χ2n) is 29.5. The number of nitrogens with zero attached hydrogens (tertiary/aromatic N) is 5. The van der Waals surface area contributed by atoms with Crippen molar-refractivity contribution in [2.24, 2.45) is 46.3 Å². The molecule has 3 unspecified atom stereocenters. The van der Waals surface area contributed by atoms with Crippen LogP contribution in [0.2, 0.25) is 0 Å². The van der Waals surface area contributed by atoms with Crippen molar-refractivity contribution >= 4 is 53.2 Å². The van der Waals surface area contributed by atoms with Gasteiger partial charge in [0.2, 0.25) is 53.2 Å². The smallest absolute Gasteiger partial charge is 0.381 e. The van der Waals surface area contributed by atoms with E-state index in [1.165, 1.54) is 28.9 Å². The molecule has 0 bridgehead atoms. The molecule has 4 rings (SSSR count). The van der Waals surface area contributed by atoms with Gasteiger partial charge in [-0.25, -0.2) is 0 Å². The van der Waals surface area contributed by atoms with Crippen molar-refractivity contribution in [3.05, 3.63) is 12.2 Å². The first-order valence-electron chi connectivity index (χ1n) is 35.6. The number of hydrogen-bond acceptors (Lipinski definition) is 11. The number of allylic oxidation sites excluding steroid dienone is 2. The summed E-state index contributed by atoms with van der Waals surface area (Å²) in [4.78, 5) is 132. The van der Waals surface area contributed by atoms with Crippen molar-refractivity contribution in [2.45, 2.75) is 251 Å². The average molecular weight is 1330 g/mol. The average Bonchev–Trinajstić information content (AvgIpc) is 0.742. The molecule has 1 aliphatic heterocycles. The van der Waals surface area contributed by atoms with Crippen LogP contribution in [0.3, 0.4) is 0 Å². The molecule has 5 N–H and O–H groups in total. The molecule has 0 radical (unpaired) electrons. The molecule has 538 valence electrons. The number of amides is 9. The molecule has 3 fully saturated rings. The molecule has 1 heterocycles. The van der Waals surface area contributed by atoms with Gasteiger partial charge in [0, 0.05) is 126 Å². The third-order valence-electron chi connectivity index (χ3n) is 21.1. The minimum Gasteiger partial charge on any atom is -0.381 e. The van der Waals surface area contributed by atoms with Crippen LogP contribution in [-0.4, -0.2) is 203 Å². The Morgan fingerprint density at radius 3 is 2.04 bits per heavy atom. The number of rotatable bonds is 34. The molecule has 0 aromatic carbocycles. The van der Waals surface area contributed by atoms with Crippen molar-refractivity contribution in [1.29, 1.82) is 0 Å². The predicted octanol–water partition coefficient (Wildman–Crippen LogP) is 8.95. The molecule has 0 saturated heterocycles. The maximum atomic E-state index is 14.8. The normalized spacial score (nSPS) is 23.5. The van der Waals surface area contributed by atoms with Crippen molar-refractivity contribution < 1.29 is 61.1 Å². The first-order chi connectivity index (χ1) is 44.4. The van der Waals surface area contributed by atoms with Gasteiger partial charge in [-0.2, -0.15) is 13.2 Å². The maximum Gasteiger partial charge on any atom is 0.394 e. The zero-order valence-corrected chi connectivity index (χ0v) is 59.8. The highest BCUT2D eigenvalue weighted by atomic mass is 19.4. The monoisotopic (exact) mass is 1330 g/mol. The van der Waals surface area contributed by atoms with Crippen molar-refractivity contribution in [3.8, 4) is 0 Å². The third kappa shape index (κ3) is 26.3. The van der Waals surface area contributed by atoms with E-state index in [1.54, 1.807) is 40.1 Å². The molecule has 3 aliphatic carbocycles. The van der Waals surface area contributed by atoms with Gasteiger partial charge in [-0.15, -0.1) is 0 Å². The summed E-state index contributed by atoms with van der Waals surface area (Å²) in [5.41, 5.74) is -1.05. The molecular formula is C71H123F3N10O10. The van der Waals surface area contributed by atoms with Gasteiger partial charge in [-0.3, -0.25) is 43.2 Å². The quantitative estimate of drug-likeness (QED) is 0.0301. The van der Waals surface area contributed by atoms with E-state index in [0.717, 1.165) is 64.2 Å². The van der Waals surface area contributed by atoms with Crippen LogP contribution >= 0.6 is 0 Å². The number of alkyl halides is 3. The van der Waals surface area contributed by atoms with Gasteiger partial charge >= 0.3 is 6.18 Å². The Morgan fingerprint density at radius 2 is 1.43 bits per heavy atom. The zero-order valence-electron chi connectivity index (χ0n) is 59.8. The number of unbranched alkanes of at least 4 members (excludes halogenated alkanes) is 2. The van der Waals surface area contributed by atoms with Crippen LogP contribution in [0.5, 0.6) is 0 Å². The molecule has 8 atom stereocenters. The van der Waals surface area contributed by atoms with Crippen LogP contribution in [0.15, 0.2) is 12.2 Å². The molecule has 20 nitrogen and oxygen atoms in total. The number of halogens is 3. The van der Waals surface area contributed by atoms with Gasteiger partial charge < -0.3 is 55.8 Å². The van der Waals surface area contributed by atoms with E-state index in [9.17, 15) is 56.3 Å². The van der Waals surface area contributed by atoms with Crippen LogP contribution in [0.25, 0.3) is 0 Å². The summed E-state index contributed by atoms with van der Waals surface area (Å²) in [6.07, 6.45) is 14.7. The number of methoxy groups -OCH3 is 1. The molecular weight excluding hydrogens is 1210 g/mol. The van der Waals surface area contributed by atoms with E-state index in [2.05, 4.69) is 59.5 Å². The van der Waals surface area contributed by atoms with E-state index < -0.39 is 53.4 Å². The maximum absolute atomic E-state index is 14.8. The van der Waals surface area contributed by atoms with Gasteiger partial charge in [0.25, 0.3) is 0 Å². The largest absolute Gasteiger partial charge is 0.394 e. The first-order valence-corrected chi connectivity index (χ1v) is 35.6. The number of ether oxygens (including phenoxy) is 1. The van der Waals surface area contributed by atoms with E-state index in [-0.39, 0.29) is 148 Å². The minimum absolute atomic E-state index is 0.0157. The van der Waals surface area contributed by atoms with Gasteiger partial charge in [-0.05, 0) is 132 Å². The zero-order chi connectivity index (χ0) is 69.9. The molecule has 0 spiro atoms. The lowest BCUT2D eigenvalue weighted by atomic mass is 9.53. The Labute approximate surface area is 561 Å². The lowest BCUT2D eigenvalue weighted by molar-refractivity contribution is -0.215. The third-order valence-corrected chi connectivity index (χ3v) is 21.1. The Kier molecular flexibility index (Phi) is 34.3. The van der Waals surface area contributed by atoms with Crippen LogP contribution in [0, 0.1) is 46.3 Å². The van der Waals surface area contributed by atoms with E-state index in [1.807, 2.05) is 25.8 Å². The van der Waals surface area contributed by atoms with Crippen LogP contribution in [-0.2, 0) is 47.9 Å². The van der Waals surface area contributed by atoms with Crippen molar-refractivity contribution in [2.75, 3.05) is 89.2 Å². The van der Waals surface area contributed by atoms with Crippen molar-refractivity contribution in [3.63, 3.8) is 0 Å². The van der Waals surface area contributed by atoms with Crippen LogP contribution in [0.1, 0.15) is 214 Å². The molecule has 94 heavy (non-hydrogen) atoms. The molecule has 9 amide bonds. The number of nitrogens with one attached hydrogen (secondary N) is 5. The lowest BCUT2D eigenvalue weighted by Crippen LogP contribution is -2.60. The van der Waals surface area contributed by atoms with Crippen molar-refractivity contribution in [1.82, 2.24) is 51.1 Å². The summed E-state index contributed by atoms with van der Waals surface area (Å²) >= 11 is 0. The Bertz CT molecular complexity index is 2440. The standard InChI is InChI=1S/C71H123F3N10O10/c1-14-52(15-2)58(43-64(89)81(10)44-53(40-61(86)76-7)67(92)80(8)9)83(12)68(93)70(46-69(4,5)47-70)48-78-60(85)27-23-21-24-36-77-66(91)57(35-33-51-32-34-56(71(72,73)74)59(39-51)94-13)79-62(87)45-82(11)63(88)42-55(38-50-30-28-49(3)29-31-50)84-37-25-20-18-16-17-19-22-26-54(75-6)41-65(84)90/h17,19,49-59,75H,14-16,18,20-48H2,1-13H3,(H,76,86)(H,77,91)(H,78,85)(H,79,87)/b19-17-/t49?,50?,51?,53-,54+,55+,56?,57+,58-,59?/m1/s1. The lowest BCUT2D eigenvalue weighted by Gasteiger charge is -2.54. The van der Waals surface area contributed by atoms with Gasteiger partial charge in [0.05, 0.1) is 29.9 Å². The molecule has 4 aliphatic rings. The summed E-state index contributed by atoms with van der Waals surface area (Å²) in [5.74, 6) is -4.08. The Hall–Kier alpha value is -5.32. The van der Waals surface area contributed by atoms with E-state index in [0.29, 0.717) is 82.6 Å². The van der Waals surface area contributed by atoms with Gasteiger partial charge in [0.1, 0.15) is 6.04 Å². The fourth-order valence-electron chi connectivity index (χ4n) is 15.5. The molecule has 3 saturated carbocycles. The Balaban J connectivity index is 1.40. The van der Waals surface area contributed by atoms with Crippen LogP contribution in [0.4, 0.5) is 13.2 Å². The number of likely N-dealkylation sites (N-methyl/N-ethyl adjacent to an activating group) is 1. The summed E-state index contributed by atoms with van der Waals surface area (Å²) in [6.45, 7) is 11.1. The summed E-state index contributed by atoms with van der Waals surface area (Å²) in [5, 5.41) is 14.8. The molecule has 23 heteroatoms. The SMILES string of the molecule is CCC(CC)[C@@H](CC(=O)N(C)C[C@@H](CC(=O)NC)C(=O)N(C)C)N(C)C(=O)C1(CNC(=O)CCCCCNC(=O)[C@H](CCC2CCC(C(F)(F)F)C(OC)C2)NC(=O)CN(C)C(=O)C[C@H](CC2CCC(C)CC2)N2CCCCC/C=C\CC[C@H](NC)CC2=O)CC(C)(C)C1. The minimum atomic E-state index is -4.41. The van der Waals surface area contributed by atoms with Gasteiger partial charge in [0.15, 0.2) is 0 Å². The predicted molar refractivity (Wildman–Crippen MR) is 360 cm³/mol. The highest BCUT2D eigenvalue weighted by molar-refractivity contribution is 5.91. The fraction of sp³-hybridized carbons (Fsp3) is 0.845. The second-order valence-corrected chi connectivity index (χ2v) is 29.5. The number of carbonyl (C=O) groups excluding carboxylic acids is 9. The number of hydrogen-bond donors (Lipinski definition) is 5. The number of carbonyl (C=O) groups is 9. The fourth-order valence-corrected chi connectivity index (χ4v) is 15.5. The van der Waals surface area contributed by atoms with Crippen LogP contribution < -0.4 is 26.6 Å². The van der Waals surface area contributed by atoms with E-state index >= 15 is 0 Å². The first kappa shape index (κ1) is 81.1. The highest BCUT2D eigenvalue weighted by Crippen LogP contribution is 2.55. The Morgan fingerprint density at radius 1 is 0.766 bits per heavy atom. The highest BCUT2D eigenvalue weighted by Gasteiger charge is 2.56. The summed E-state index contributed by atoms with van der Waals surface area (Å²) in [6, 6.07) is -1.89. The molecule has 0 aromatic heterocycles. The summed E-state index contributed by atoms with van der Waals surface area (Å²) in [7, 11) is 12.8. The van der Waals surface area contributed by atoms with Gasteiger partial charge in [-0.1, -0.05) is 98.1 Å². The molecule has 0 aromatic rings. The topological polar surface area (TPSA) is 239 Å². The van der Waals surface area contributed by atoms with E-state index in [4.69, 9.17) is 4.74 Å². The summed E-state index contributed by atoms with van der Waals surface area (Å²) < 4.78 is 47.2. The second kappa shape index (κ2) is 39.8.